The summed E-state index contributed by atoms with van der Waals surface area (Å²) in [6.07, 6.45) is 5.03. The molecule has 2 aromatic heterocycles. The van der Waals surface area contributed by atoms with E-state index in [9.17, 15) is 9.59 Å². The minimum absolute atomic E-state index is 0.0423. The van der Waals surface area contributed by atoms with Gasteiger partial charge in [-0.05, 0) is 19.1 Å². The van der Waals surface area contributed by atoms with Crippen molar-refractivity contribution in [3.05, 3.63) is 59.0 Å². The first-order valence-corrected chi connectivity index (χ1v) is 9.78. The van der Waals surface area contributed by atoms with E-state index in [4.69, 9.17) is 4.74 Å². The van der Waals surface area contributed by atoms with E-state index in [1.54, 1.807) is 24.4 Å². The summed E-state index contributed by atoms with van der Waals surface area (Å²) < 4.78 is 7.41. The molecule has 150 valence electrons. The monoisotopic (exact) mass is 393 g/mol. The summed E-state index contributed by atoms with van der Waals surface area (Å²) in [6, 6.07) is 8.98. The van der Waals surface area contributed by atoms with Crippen molar-refractivity contribution in [2.75, 3.05) is 13.1 Å². The summed E-state index contributed by atoms with van der Waals surface area (Å²) in [4.78, 5) is 39.6. The number of likely N-dealkylation sites (tertiary alicyclic amines) is 1. The van der Waals surface area contributed by atoms with E-state index < -0.39 is 0 Å². The zero-order chi connectivity index (χ0) is 20.2. The maximum absolute atomic E-state index is 12.6. The summed E-state index contributed by atoms with van der Waals surface area (Å²) in [5.41, 5.74) is 0.552. The molecule has 1 fully saturated rings. The van der Waals surface area contributed by atoms with Gasteiger partial charge in [-0.15, -0.1) is 0 Å². The van der Waals surface area contributed by atoms with Gasteiger partial charge in [0.25, 0.3) is 5.56 Å². The van der Waals surface area contributed by atoms with Gasteiger partial charge in [-0.25, -0.2) is 9.97 Å². The molecule has 0 atom stereocenters. The van der Waals surface area contributed by atoms with Crippen LogP contribution in [0.2, 0.25) is 0 Å². The summed E-state index contributed by atoms with van der Waals surface area (Å²) in [5.74, 6) is 1.29. The highest BCUT2D eigenvalue weighted by Gasteiger charge is 2.24. The van der Waals surface area contributed by atoms with Gasteiger partial charge in [0.2, 0.25) is 11.8 Å². The van der Waals surface area contributed by atoms with Crippen molar-refractivity contribution in [2.24, 2.45) is 0 Å². The van der Waals surface area contributed by atoms with Gasteiger partial charge in [0, 0.05) is 51.2 Å². The molecule has 3 heterocycles. The predicted octanol–water partition coefficient (Wildman–Crippen LogP) is 1.96. The van der Waals surface area contributed by atoms with Crippen molar-refractivity contribution in [3.63, 3.8) is 0 Å². The van der Waals surface area contributed by atoms with Crippen molar-refractivity contribution in [1.82, 2.24) is 24.4 Å². The van der Waals surface area contributed by atoms with Gasteiger partial charge >= 0.3 is 0 Å². The zero-order valence-electron chi connectivity index (χ0n) is 16.3. The average Bonchev–Trinajstić information content (AvgIpc) is 2.74. The third-order valence-corrected chi connectivity index (χ3v) is 5.13. The van der Waals surface area contributed by atoms with Crippen LogP contribution in [0.5, 0.6) is 5.88 Å². The maximum atomic E-state index is 12.6. The van der Waals surface area contributed by atoms with Crippen molar-refractivity contribution in [1.29, 1.82) is 0 Å². The SMILES string of the molecule is Cc1nccc(OC2CCN(C(=O)CCn3cnc4ccccc4c3=O)CC2)n1. The van der Waals surface area contributed by atoms with Crippen LogP contribution >= 0.6 is 0 Å². The first kappa shape index (κ1) is 19.0. The molecule has 0 bridgehead atoms. The highest BCUT2D eigenvalue weighted by atomic mass is 16.5. The zero-order valence-corrected chi connectivity index (χ0v) is 16.3. The van der Waals surface area contributed by atoms with Crippen molar-refractivity contribution in [3.8, 4) is 5.88 Å². The van der Waals surface area contributed by atoms with E-state index in [1.165, 1.54) is 10.9 Å². The van der Waals surface area contributed by atoms with Crippen LogP contribution in [0, 0.1) is 6.92 Å². The third-order valence-electron chi connectivity index (χ3n) is 5.13. The Morgan fingerprint density at radius 2 is 1.97 bits per heavy atom. The van der Waals surface area contributed by atoms with Gasteiger partial charge in [0.05, 0.1) is 17.2 Å². The van der Waals surface area contributed by atoms with Crippen LogP contribution in [0.4, 0.5) is 0 Å². The fourth-order valence-electron chi connectivity index (χ4n) is 3.53. The molecule has 1 aromatic carbocycles. The van der Waals surface area contributed by atoms with Crippen LogP contribution in [0.15, 0.2) is 47.7 Å². The molecule has 4 rings (SSSR count). The fourth-order valence-corrected chi connectivity index (χ4v) is 3.53. The molecule has 29 heavy (non-hydrogen) atoms. The largest absolute Gasteiger partial charge is 0.474 e. The lowest BCUT2D eigenvalue weighted by Crippen LogP contribution is -2.42. The summed E-state index contributed by atoms with van der Waals surface area (Å²) in [7, 11) is 0. The average molecular weight is 393 g/mol. The van der Waals surface area contributed by atoms with Gasteiger partial charge in [-0.1, -0.05) is 12.1 Å². The Morgan fingerprint density at radius 1 is 1.17 bits per heavy atom. The van der Waals surface area contributed by atoms with E-state index in [0.29, 0.717) is 42.2 Å². The number of hydrogen-bond acceptors (Lipinski definition) is 6. The minimum atomic E-state index is -0.115. The van der Waals surface area contributed by atoms with E-state index in [1.807, 2.05) is 24.0 Å². The predicted molar refractivity (Wildman–Crippen MR) is 108 cm³/mol. The number of nitrogens with zero attached hydrogens (tertiary/aromatic N) is 5. The second-order valence-corrected chi connectivity index (χ2v) is 7.15. The molecule has 1 saturated heterocycles. The highest BCUT2D eigenvalue weighted by molar-refractivity contribution is 5.77. The standard InChI is InChI=1S/C21H23N5O3/c1-15-22-10-6-19(24-15)29-16-7-11-25(12-8-16)20(27)9-13-26-14-23-18-5-3-2-4-17(18)21(26)28/h2-6,10,14,16H,7-9,11-13H2,1H3. The van der Waals surface area contributed by atoms with E-state index in [-0.39, 0.29) is 24.0 Å². The Morgan fingerprint density at radius 3 is 2.76 bits per heavy atom. The van der Waals surface area contributed by atoms with Gasteiger partial charge in [-0.2, -0.15) is 4.98 Å². The number of ether oxygens (including phenoxy) is 1. The fraction of sp³-hybridized carbons (Fsp3) is 0.381. The van der Waals surface area contributed by atoms with E-state index in [0.717, 1.165) is 12.8 Å². The Kier molecular flexibility index (Phi) is 5.50. The first-order valence-electron chi connectivity index (χ1n) is 9.78. The van der Waals surface area contributed by atoms with Crippen molar-refractivity contribution >= 4 is 16.8 Å². The second-order valence-electron chi connectivity index (χ2n) is 7.15. The van der Waals surface area contributed by atoms with E-state index >= 15 is 0 Å². The van der Waals surface area contributed by atoms with Crippen LogP contribution in [0.1, 0.15) is 25.1 Å². The molecule has 1 amide bonds. The maximum Gasteiger partial charge on any atom is 0.261 e. The quantitative estimate of drug-likeness (QED) is 0.658. The Hall–Kier alpha value is -3.29. The molecule has 0 saturated carbocycles. The molecule has 1 aliphatic heterocycles. The van der Waals surface area contributed by atoms with Crippen molar-refractivity contribution < 1.29 is 9.53 Å². The Bertz CT molecular complexity index is 1070. The molecule has 8 nitrogen and oxygen atoms in total. The van der Waals surface area contributed by atoms with E-state index in [2.05, 4.69) is 15.0 Å². The highest BCUT2D eigenvalue weighted by Crippen LogP contribution is 2.17. The van der Waals surface area contributed by atoms with Gasteiger partial charge in [0.1, 0.15) is 11.9 Å². The number of aromatic nitrogens is 4. The molecule has 0 radical (unpaired) electrons. The van der Waals surface area contributed by atoms with Crippen molar-refractivity contribution in [2.45, 2.75) is 38.8 Å². The summed E-state index contributed by atoms with van der Waals surface area (Å²) in [5, 5.41) is 0.570. The molecule has 0 N–H and O–H groups in total. The lowest BCUT2D eigenvalue weighted by molar-refractivity contribution is -0.133. The number of para-hydroxylation sites is 1. The normalized spacial score (nSPS) is 14.9. The number of amides is 1. The van der Waals surface area contributed by atoms with Gasteiger partial charge in [-0.3, -0.25) is 14.2 Å². The molecular formula is C21H23N5O3. The number of carbonyl (C=O) groups is 1. The Labute approximate surface area is 168 Å². The van der Waals surface area contributed by atoms with Gasteiger partial charge in [0.15, 0.2) is 0 Å². The van der Waals surface area contributed by atoms with Crippen LogP contribution in [0.3, 0.4) is 0 Å². The number of piperidine rings is 1. The number of fused-ring (bicyclic) bond motifs is 1. The van der Waals surface area contributed by atoms with Crippen LogP contribution in [-0.4, -0.2) is 49.5 Å². The third kappa shape index (κ3) is 4.42. The number of benzene rings is 1. The lowest BCUT2D eigenvalue weighted by Gasteiger charge is -2.32. The number of carbonyl (C=O) groups excluding carboxylic acids is 1. The van der Waals surface area contributed by atoms with Gasteiger partial charge < -0.3 is 9.64 Å². The topological polar surface area (TPSA) is 90.2 Å². The molecule has 0 aliphatic carbocycles. The number of aryl methyl sites for hydroxylation is 2. The molecule has 8 heteroatoms. The summed E-state index contributed by atoms with van der Waals surface area (Å²) >= 11 is 0. The Balaban J connectivity index is 1.30. The van der Waals surface area contributed by atoms with Crippen LogP contribution in [-0.2, 0) is 11.3 Å². The van der Waals surface area contributed by atoms with Crippen LogP contribution in [0.25, 0.3) is 10.9 Å². The molecular weight excluding hydrogens is 370 g/mol. The molecule has 0 unspecified atom stereocenters. The number of rotatable bonds is 5. The van der Waals surface area contributed by atoms with Crippen LogP contribution < -0.4 is 10.3 Å². The molecule has 1 aliphatic rings. The lowest BCUT2D eigenvalue weighted by atomic mass is 10.1. The first-order chi connectivity index (χ1) is 14.1. The minimum Gasteiger partial charge on any atom is -0.474 e. The number of hydrogen-bond donors (Lipinski definition) is 0. The smallest absolute Gasteiger partial charge is 0.261 e. The second kappa shape index (κ2) is 8.38. The molecule has 3 aromatic rings. The molecule has 0 spiro atoms. The summed E-state index contributed by atoms with van der Waals surface area (Å²) in [6.45, 7) is 3.42.